The molecule has 0 radical (unpaired) electrons. The van der Waals surface area contributed by atoms with Crippen LogP contribution in [0, 0.1) is 0 Å². The van der Waals surface area contributed by atoms with Crippen molar-refractivity contribution in [3.8, 4) is 0 Å². The van der Waals surface area contributed by atoms with Crippen molar-refractivity contribution in [1.29, 1.82) is 0 Å². The zero-order valence-electron chi connectivity index (χ0n) is 14.3. The second-order valence-corrected chi connectivity index (χ2v) is 6.88. The van der Waals surface area contributed by atoms with Crippen LogP contribution in [-0.2, 0) is 22.4 Å². The maximum absolute atomic E-state index is 12.0. The number of ether oxygens (including phenoxy) is 1. The van der Waals surface area contributed by atoms with Gasteiger partial charge in [-0.1, -0.05) is 72.8 Å². The quantitative estimate of drug-likeness (QED) is 0.616. The Labute approximate surface area is 154 Å². The third-order valence-electron chi connectivity index (χ3n) is 4.46. The molecule has 1 atom stereocenters. The van der Waals surface area contributed by atoms with Gasteiger partial charge < -0.3 is 4.74 Å². The summed E-state index contributed by atoms with van der Waals surface area (Å²) in [6.45, 7) is 2.30. The van der Waals surface area contributed by atoms with Crippen LogP contribution in [0.5, 0.6) is 0 Å². The van der Waals surface area contributed by atoms with E-state index in [4.69, 9.17) is 4.74 Å². The summed E-state index contributed by atoms with van der Waals surface area (Å²) in [5.74, 6) is 0. The van der Waals surface area contributed by atoms with Crippen molar-refractivity contribution in [3.63, 3.8) is 0 Å². The minimum atomic E-state index is -0.915. The number of rotatable bonds is 7. The van der Waals surface area contributed by atoms with E-state index < -0.39 is 5.60 Å². The molecular weight excluding hydrogens is 328 g/mol. The fraction of sp³-hybridized carbons (Fsp3) is 0.227. The van der Waals surface area contributed by atoms with Crippen molar-refractivity contribution in [2.75, 3.05) is 6.61 Å². The van der Waals surface area contributed by atoms with E-state index >= 15 is 0 Å². The molecule has 0 aliphatic rings. The van der Waals surface area contributed by atoms with Gasteiger partial charge in [-0.15, -0.1) is 12.6 Å². The number of carbonyl (C=O) groups excluding carboxylic acids is 1. The molecule has 0 heterocycles. The molecule has 3 rings (SSSR count). The Balaban J connectivity index is 1.65. The molecule has 0 fully saturated rings. The van der Waals surface area contributed by atoms with Gasteiger partial charge in [0.1, 0.15) is 5.60 Å². The van der Waals surface area contributed by atoms with Crippen molar-refractivity contribution >= 4 is 28.5 Å². The lowest BCUT2D eigenvalue weighted by Crippen LogP contribution is -2.38. The monoisotopic (exact) mass is 350 g/mol. The average Bonchev–Trinajstić information content (AvgIpc) is 2.62. The van der Waals surface area contributed by atoms with Crippen molar-refractivity contribution in [2.24, 2.45) is 0 Å². The van der Waals surface area contributed by atoms with Gasteiger partial charge >= 0.3 is 0 Å². The van der Waals surface area contributed by atoms with Gasteiger partial charge in [-0.3, -0.25) is 4.79 Å². The minimum absolute atomic E-state index is 0.241. The number of fused-ring (bicyclic) bond motifs is 1. The molecule has 3 heteroatoms. The van der Waals surface area contributed by atoms with Gasteiger partial charge in [-0.25, -0.2) is 0 Å². The first-order valence-corrected chi connectivity index (χ1v) is 8.90. The summed E-state index contributed by atoms with van der Waals surface area (Å²) in [5, 5.41) is 2.21. The van der Waals surface area contributed by atoms with Gasteiger partial charge in [-0.05, 0) is 35.2 Å². The molecule has 1 unspecified atom stereocenters. The second kappa shape index (κ2) is 7.85. The van der Waals surface area contributed by atoms with Crippen molar-refractivity contribution < 1.29 is 9.53 Å². The topological polar surface area (TPSA) is 26.3 Å². The van der Waals surface area contributed by atoms with E-state index in [1.54, 1.807) is 0 Å². The molecule has 0 saturated heterocycles. The van der Waals surface area contributed by atoms with Crippen LogP contribution in [0.4, 0.5) is 0 Å². The predicted octanol–water partition coefficient (Wildman–Crippen LogP) is 4.86. The Morgan fingerprint density at radius 3 is 2.32 bits per heavy atom. The molecule has 0 aromatic heterocycles. The van der Waals surface area contributed by atoms with Gasteiger partial charge in [0.2, 0.25) is 5.12 Å². The molecule has 0 aliphatic carbocycles. The highest BCUT2D eigenvalue weighted by Gasteiger charge is 2.32. The summed E-state index contributed by atoms with van der Waals surface area (Å²) in [6.07, 6.45) is 1.28. The minimum Gasteiger partial charge on any atom is -0.366 e. The molecule has 0 bridgehead atoms. The Morgan fingerprint density at radius 2 is 1.60 bits per heavy atom. The van der Waals surface area contributed by atoms with Crippen molar-refractivity contribution in [3.05, 3.63) is 83.9 Å². The summed E-state index contributed by atoms with van der Waals surface area (Å²) in [6, 6.07) is 24.6. The highest BCUT2D eigenvalue weighted by atomic mass is 32.1. The molecule has 0 saturated carbocycles. The lowest BCUT2D eigenvalue weighted by Gasteiger charge is -2.26. The summed E-state index contributed by atoms with van der Waals surface area (Å²) in [5.41, 5.74) is 1.35. The Bertz CT molecular complexity index is 860. The van der Waals surface area contributed by atoms with Gasteiger partial charge in [-0.2, -0.15) is 0 Å². The summed E-state index contributed by atoms with van der Waals surface area (Å²) in [7, 11) is 0. The number of benzene rings is 3. The SMILES string of the molecule is CC(Cc1ccccc1)(OCCc1ccc2ccccc2c1)C(=O)S. The maximum atomic E-state index is 12.0. The highest BCUT2D eigenvalue weighted by Crippen LogP contribution is 2.22. The van der Waals surface area contributed by atoms with Gasteiger partial charge in [0, 0.05) is 6.42 Å². The molecule has 2 nitrogen and oxygen atoms in total. The van der Waals surface area contributed by atoms with E-state index in [9.17, 15) is 4.79 Å². The first-order valence-electron chi connectivity index (χ1n) is 8.46. The lowest BCUT2D eigenvalue weighted by molar-refractivity contribution is -0.132. The normalized spacial score (nSPS) is 13.5. The highest BCUT2D eigenvalue weighted by molar-refractivity contribution is 7.96. The van der Waals surface area contributed by atoms with Crippen LogP contribution in [0.1, 0.15) is 18.1 Å². The van der Waals surface area contributed by atoms with E-state index in [2.05, 4.69) is 43.0 Å². The molecule has 0 amide bonds. The van der Waals surface area contributed by atoms with Crippen LogP contribution in [0.25, 0.3) is 10.8 Å². The first-order chi connectivity index (χ1) is 12.1. The zero-order chi connectivity index (χ0) is 17.7. The Kier molecular flexibility index (Phi) is 5.57. The molecule has 128 valence electrons. The fourth-order valence-electron chi connectivity index (χ4n) is 2.96. The third kappa shape index (κ3) is 4.50. The number of hydrogen-bond donors (Lipinski definition) is 1. The second-order valence-electron chi connectivity index (χ2n) is 6.48. The number of hydrogen-bond acceptors (Lipinski definition) is 2. The fourth-order valence-corrected chi connectivity index (χ4v) is 3.11. The smallest absolute Gasteiger partial charge is 0.217 e. The lowest BCUT2D eigenvalue weighted by atomic mass is 9.97. The molecule has 25 heavy (non-hydrogen) atoms. The summed E-state index contributed by atoms with van der Waals surface area (Å²) >= 11 is 4.05. The average molecular weight is 350 g/mol. The van der Waals surface area contributed by atoms with Crippen LogP contribution in [-0.4, -0.2) is 17.3 Å². The third-order valence-corrected chi connectivity index (χ3v) is 4.93. The van der Waals surface area contributed by atoms with Crippen LogP contribution in [0.3, 0.4) is 0 Å². The molecule has 0 aliphatic heterocycles. The van der Waals surface area contributed by atoms with Crippen molar-refractivity contribution in [2.45, 2.75) is 25.4 Å². The first kappa shape index (κ1) is 17.7. The zero-order valence-corrected chi connectivity index (χ0v) is 15.2. The molecule has 0 spiro atoms. The molecular formula is C22H22O2S. The summed E-state index contributed by atoms with van der Waals surface area (Å²) < 4.78 is 5.99. The number of thiol groups is 1. The van der Waals surface area contributed by atoms with Crippen LogP contribution in [0.15, 0.2) is 72.8 Å². The van der Waals surface area contributed by atoms with Crippen LogP contribution in [0.2, 0.25) is 0 Å². The van der Waals surface area contributed by atoms with E-state index in [0.29, 0.717) is 13.0 Å². The van der Waals surface area contributed by atoms with Crippen LogP contribution < -0.4 is 0 Å². The standard InChI is InChI=1S/C22H22O2S/c1-22(21(23)25,16-18-7-3-2-4-8-18)24-14-13-17-11-12-19-9-5-6-10-20(19)15-17/h2-12,15H,13-14,16H2,1H3,(H,23,25). The molecule has 0 N–H and O–H groups in total. The molecule has 3 aromatic carbocycles. The van der Waals surface area contributed by atoms with Gasteiger partial charge in [0.05, 0.1) is 6.61 Å². The van der Waals surface area contributed by atoms with Gasteiger partial charge in [0.15, 0.2) is 0 Å². The Hall–Kier alpha value is -2.10. The van der Waals surface area contributed by atoms with E-state index in [1.807, 2.05) is 49.4 Å². The Morgan fingerprint density at radius 1 is 0.920 bits per heavy atom. The largest absolute Gasteiger partial charge is 0.366 e. The summed E-state index contributed by atoms with van der Waals surface area (Å²) in [4.78, 5) is 12.0. The van der Waals surface area contributed by atoms with E-state index in [-0.39, 0.29) is 5.12 Å². The van der Waals surface area contributed by atoms with Gasteiger partial charge in [0.25, 0.3) is 0 Å². The van der Waals surface area contributed by atoms with Crippen LogP contribution >= 0.6 is 12.6 Å². The predicted molar refractivity (Wildman–Crippen MR) is 106 cm³/mol. The van der Waals surface area contributed by atoms with E-state index in [0.717, 1.165) is 12.0 Å². The molecule has 3 aromatic rings. The maximum Gasteiger partial charge on any atom is 0.217 e. The number of carbonyl (C=O) groups is 1. The van der Waals surface area contributed by atoms with Crippen molar-refractivity contribution in [1.82, 2.24) is 0 Å². The van der Waals surface area contributed by atoms with E-state index in [1.165, 1.54) is 16.3 Å².